The number of aliphatic carboxylic acids is 1. The van der Waals surface area contributed by atoms with Gasteiger partial charge in [-0.15, -0.1) is 0 Å². The van der Waals surface area contributed by atoms with Crippen LogP contribution in [-0.2, 0) is 4.79 Å². The third-order valence-electron chi connectivity index (χ3n) is 3.77. The van der Waals surface area contributed by atoms with E-state index < -0.39 is 17.7 Å². The lowest BCUT2D eigenvalue weighted by Crippen LogP contribution is -2.33. The maximum Gasteiger partial charge on any atom is 0.303 e. The van der Waals surface area contributed by atoms with Crippen LogP contribution in [0.2, 0.25) is 0 Å². The largest absolute Gasteiger partial charge is 0.481 e. The molecule has 1 atom stereocenters. The summed E-state index contributed by atoms with van der Waals surface area (Å²) in [5, 5.41) is 11.3. The molecule has 24 heavy (non-hydrogen) atoms. The fourth-order valence-electron chi connectivity index (χ4n) is 2.34. The maximum atomic E-state index is 14.3. The molecule has 1 unspecified atom stereocenters. The van der Waals surface area contributed by atoms with Gasteiger partial charge in [0.2, 0.25) is 0 Å². The number of rotatable bonds is 6. The van der Waals surface area contributed by atoms with Crippen molar-refractivity contribution in [1.29, 1.82) is 0 Å². The van der Waals surface area contributed by atoms with Gasteiger partial charge in [0.25, 0.3) is 5.91 Å². The van der Waals surface area contributed by atoms with E-state index in [1.807, 2.05) is 31.2 Å². The average Bonchev–Trinajstić information content (AvgIpc) is 2.53. The summed E-state index contributed by atoms with van der Waals surface area (Å²) in [6.45, 7) is 3.67. The molecule has 126 valence electrons. The van der Waals surface area contributed by atoms with Crippen LogP contribution < -0.4 is 5.32 Å². The van der Waals surface area contributed by atoms with E-state index in [9.17, 15) is 14.0 Å². The number of amides is 1. The van der Waals surface area contributed by atoms with Crippen molar-refractivity contribution in [1.82, 2.24) is 5.32 Å². The van der Waals surface area contributed by atoms with E-state index in [-0.39, 0.29) is 18.0 Å². The Kier molecular flexibility index (Phi) is 5.68. The van der Waals surface area contributed by atoms with Gasteiger partial charge in [0.1, 0.15) is 5.82 Å². The van der Waals surface area contributed by atoms with Crippen LogP contribution in [0.5, 0.6) is 0 Å². The lowest BCUT2D eigenvalue weighted by Gasteiger charge is -2.13. The predicted octanol–water partition coefficient (Wildman–Crippen LogP) is 3.78. The third kappa shape index (κ3) is 4.65. The normalized spacial score (nSPS) is 11.8. The summed E-state index contributed by atoms with van der Waals surface area (Å²) in [6.07, 6.45) is 0.250. The number of hydrogen-bond acceptors (Lipinski definition) is 2. The third-order valence-corrected chi connectivity index (χ3v) is 3.77. The zero-order valence-electron chi connectivity index (χ0n) is 13.7. The van der Waals surface area contributed by atoms with Crippen molar-refractivity contribution in [3.8, 4) is 11.1 Å². The molecule has 0 aliphatic rings. The fraction of sp³-hybridized carbons (Fsp3) is 0.263. The molecular formula is C19H20FNO3. The van der Waals surface area contributed by atoms with Crippen molar-refractivity contribution in [3.63, 3.8) is 0 Å². The topological polar surface area (TPSA) is 66.4 Å². The Balaban J connectivity index is 2.10. The molecule has 0 aliphatic carbocycles. The SMILES string of the molecule is Cc1ccc(-c2ccc(C(=O)NC(C)CCC(=O)O)c(F)c2)cc1. The highest BCUT2D eigenvalue weighted by atomic mass is 19.1. The highest BCUT2D eigenvalue weighted by Crippen LogP contribution is 2.22. The minimum absolute atomic E-state index is 0.0453. The van der Waals surface area contributed by atoms with Gasteiger partial charge >= 0.3 is 5.97 Å². The summed E-state index contributed by atoms with van der Waals surface area (Å²) in [6, 6.07) is 11.8. The number of halogens is 1. The van der Waals surface area contributed by atoms with Crippen LogP contribution >= 0.6 is 0 Å². The quantitative estimate of drug-likeness (QED) is 0.847. The Labute approximate surface area is 140 Å². The monoisotopic (exact) mass is 329 g/mol. The van der Waals surface area contributed by atoms with Crippen LogP contribution in [0.1, 0.15) is 35.7 Å². The number of carbonyl (C=O) groups excluding carboxylic acids is 1. The van der Waals surface area contributed by atoms with Crippen LogP contribution in [-0.4, -0.2) is 23.0 Å². The molecule has 1 amide bonds. The number of hydrogen-bond donors (Lipinski definition) is 2. The Morgan fingerprint density at radius 1 is 1.12 bits per heavy atom. The maximum absolute atomic E-state index is 14.3. The van der Waals surface area contributed by atoms with Crippen molar-refractivity contribution in [2.45, 2.75) is 32.7 Å². The first-order valence-electron chi connectivity index (χ1n) is 7.76. The van der Waals surface area contributed by atoms with E-state index in [2.05, 4.69) is 5.32 Å². The predicted molar refractivity (Wildman–Crippen MR) is 90.4 cm³/mol. The molecule has 0 saturated heterocycles. The fourth-order valence-corrected chi connectivity index (χ4v) is 2.34. The van der Waals surface area contributed by atoms with Crippen molar-refractivity contribution >= 4 is 11.9 Å². The summed E-state index contributed by atoms with van der Waals surface area (Å²) in [5.41, 5.74) is 2.64. The van der Waals surface area contributed by atoms with Gasteiger partial charge in [-0.05, 0) is 43.5 Å². The van der Waals surface area contributed by atoms with Gasteiger partial charge in [-0.2, -0.15) is 0 Å². The molecule has 0 aromatic heterocycles. The first-order chi connectivity index (χ1) is 11.4. The second kappa shape index (κ2) is 7.73. The molecule has 2 rings (SSSR count). The Morgan fingerprint density at radius 3 is 2.33 bits per heavy atom. The first kappa shape index (κ1) is 17.7. The molecule has 0 fully saturated rings. The van der Waals surface area contributed by atoms with Crippen molar-refractivity contribution in [2.75, 3.05) is 0 Å². The number of carboxylic acids is 1. The zero-order valence-corrected chi connectivity index (χ0v) is 13.7. The summed E-state index contributed by atoms with van der Waals surface area (Å²) < 4.78 is 14.3. The molecule has 2 aromatic carbocycles. The Morgan fingerprint density at radius 2 is 1.75 bits per heavy atom. The van der Waals surface area contributed by atoms with Gasteiger partial charge in [-0.3, -0.25) is 9.59 Å². The van der Waals surface area contributed by atoms with Crippen LogP contribution in [0.25, 0.3) is 11.1 Å². The van der Waals surface area contributed by atoms with E-state index in [1.54, 1.807) is 13.0 Å². The van der Waals surface area contributed by atoms with E-state index in [4.69, 9.17) is 5.11 Å². The molecular weight excluding hydrogens is 309 g/mol. The van der Waals surface area contributed by atoms with Crippen LogP contribution in [0.15, 0.2) is 42.5 Å². The molecule has 0 heterocycles. The summed E-state index contributed by atoms with van der Waals surface area (Å²) >= 11 is 0. The molecule has 0 radical (unpaired) electrons. The number of nitrogens with one attached hydrogen (secondary N) is 1. The van der Waals surface area contributed by atoms with Crippen LogP contribution in [0.3, 0.4) is 0 Å². The molecule has 2 N–H and O–H groups in total. The molecule has 0 spiro atoms. The van der Waals surface area contributed by atoms with Gasteiger partial charge in [0.15, 0.2) is 0 Å². The first-order valence-corrected chi connectivity index (χ1v) is 7.76. The molecule has 0 saturated carbocycles. The van der Waals surface area contributed by atoms with Gasteiger partial charge in [0.05, 0.1) is 5.56 Å². The highest BCUT2D eigenvalue weighted by Gasteiger charge is 2.15. The summed E-state index contributed by atoms with van der Waals surface area (Å²) in [4.78, 5) is 22.6. The van der Waals surface area contributed by atoms with E-state index in [1.165, 1.54) is 12.1 Å². The van der Waals surface area contributed by atoms with E-state index >= 15 is 0 Å². The van der Waals surface area contributed by atoms with Crippen LogP contribution in [0.4, 0.5) is 4.39 Å². The summed E-state index contributed by atoms with van der Waals surface area (Å²) in [5.74, 6) is -2.07. The highest BCUT2D eigenvalue weighted by molar-refractivity contribution is 5.95. The Hall–Kier alpha value is -2.69. The number of carbonyl (C=O) groups is 2. The van der Waals surface area contributed by atoms with Crippen molar-refractivity contribution in [3.05, 3.63) is 59.4 Å². The molecule has 0 bridgehead atoms. The molecule has 5 heteroatoms. The molecule has 0 aliphatic heterocycles. The van der Waals surface area contributed by atoms with Crippen LogP contribution in [0, 0.1) is 12.7 Å². The lowest BCUT2D eigenvalue weighted by atomic mass is 10.0. The van der Waals surface area contributed by atoms with Crippen molar-refractivity contribution in [2.24, 2.45) is 0 Å². The summed E-state index contributed by atoms with van der Waals surface area (Å²) in [7, 11) is 0. The smallest absolute Gasteiger partial charge is 0.303 e. The molecule has 4 nitrogen and oxygen atoms in total. The van der Waals surface area contributed by atoms with Crippen molar-refractivity contribution < 1.29 is 19.1 Å². The number of carboxylic acid groups (broad SMARTS) is 1. The molecule has 2 aromatic rings. The van der Waals surface area contributed by atoms with Gasteiger partial charge in [-0.1, -0.05) is 35.9 Å². The Bertz CT molecular complexity index is 741. The van der Waals surface area contributed by atoms with Gasteiger partial charge in [0, 0.05) is 12.5 Å². The number of benzene rings is 2. The minimum atomic E-state index is -0.926. The van der Waals surface area contributed by atoms with Gasteiger partial charge < -0.3 is 10.4 Å². The second-order valence-electron chi connectivity index (χ2n) is 5.87. The standard InChI is InChI=1S/C19H20FNO3/c1-12-3-6-14(7-4-12)15-8-9-16(17(20)11-15)19(24)21-13(2)5-10-18(22)23/h3-4,6-9,11,13H,5,10H2,1-2H3,(H,21,24)(H,22,23). The average molecular weight is 329 g/mol. The zero-order chi connectivity index (χ0) is 17.7. The minimum Gasteiger partial charge on any atom is -0.481 e. The van der Waals surface area contributed by atoms with E-state index in [0.717, 1.165) is 11.1 Å². The number of aryl methyl sites for hydroxylation is 1. The van der Waals surface area contributed by atoms with E-state index in [0.29, 0.717) is 12.0 Å². The second-order valence-corrected chi connectivity index (χ2v) is 5.87. The lowest BCUT2D eigenvalue weighted by molar-refractivity contribution is -0.137. The van der Waals surface area contributed by atoms with Gasteiger partial charge in [-0.25, -0.2) is 4.39 Å².